The topological polar surface area (TPSA) is 18.5 Å². The van der Waals surface area contributed by atoms with Crippen molar-refractivity contribution in [3.05, 3.63) is 24.3 Å². The fourth-order valence-electron chi connectivity index (χ4n) is 1.97. The van der Waals surface area contributed by atoms with Crippen molar-refractivity contribution in [2.45, 2.75) is 13.8 Å². The number of hydrogen-bond acceptors (Lipinski definition) is 2. The largest absolute Gasteiger partial charge is 0.494 e. The third-order valence-electron chi connectivity index (χ3n) is 2.92. The Bertz CT molecular complexity index is 383. The Morgan fingerprint density at radius 3 is 2.29 bits per heavy atom. The van der Waals surface area contributed by atoms with E-state index < -0.39 is 0 Å². The molecule has 1 aromatic rings. The quantitative estimate of drug-likeness (QED) is 0.588. The molecule has 0 aromatic heterocycles. The molecule has 0 N–H and O–H groups in total. The zero-order valence-electron chi connectivity index (χ0n) is 11.1. The van der Waals surface area contributed by atoms with E-state index in [1.807, 2.05) is 0 Å². The van der Waals surface area contributed by atoms with E-state index in [9.17, 15) is 0 Å². The minimum absolute atomic E-state index is 0.125. The van der Waals surface area contributed by atoms with Crippen LogP contribution in [0.25, 0.3) is 0 Å². The van der Waals surface area contributed by atoms with Gasteiger partial charge in [-0.25, -0.2) is 0 Å². The molecule has 1 aromatic carbocycles. The molecule has 0 unspecified atom stereocenters. The third-order valence-corrected chi connectivity index (χ3v) is 4.29. The van der Waals surface area contributed by atoms with Crippen molar-refractivity contribution < 1.29 is 9.31 Å². The molecule has 1 fully saturated rings. The Balaban J connectivity index is 2.18. The van der Waals surface area contributed by atoms with Crippen LogP contribution in [0.3, 0.4) is 0 Å². The summed E-state index contributed by atoms with van der Waals surface area (Å²) in [6.07, 6.45) is 0. The van der Waals surface area contributed by atoms with E-state index >= 15 is 0 Å². The van der Waals surface area contributed by atoms with E-state index in [1.165, 1.54) is 10.8 Å². The molecule has 1 saturated heterocycles. The minimum Gasteiger partial charge on any atom is -0.407 e. The average Bonchev–Trinajstić information content (AvgIpc) is 2.29. The zero-order chi connectivity index (χ0) is 12.5. The highest BCUT2D eigenvalue weighted by molar-refractivity contribution is 7.64. The summed E-state index contributed by atoms with van der Waals surface area (Å²) < 4.78 is 11.7. The van der Waals surface area contributed by atoms with Gasteiger partial charge in [0.2, 0.25) is 0 Å². The molecule has 0 spiro atoms. The van der Waals surface area contributed by atoms with E-state index in [1.54, 1.807) is 0 Å². The third kappa shape index (κ3) is 3.10. The van der Waals surface area contributed by atoms with Crippen LogP contribution in [0, 0.1) is 5.41 Å². The molecule has 2 rings (SSSR count). The van der Waals surface area contributed by atoms with Gasteiger partial charge >= 0.3 is 7.12 Å². The monoisotopic (exact) mass is 250 g/mol. The van der Waals surface area contributed by atoms with Gasteiger partial charge in [-0.15, -0.1) is 0 Å². The maximum atomic E-state index is 5.86. The van der Waals surface area contributed by atoms with Gasteiger partial charge in [0.1, 0.15) is 0 Å². The van der Waals surface area contributed by atoms with Crippen LogP contribution in [0.15, 0.2) is 24.3 Å². The SMILES string of the molecule is CP(C)c1ccccc1B1OCC(C)(C)CO1. The van der Waals surface area contributed by atoms with Gasteiger partial charge in [-0.3, -0.25) is 0 Å². The average molecular weight is 250 g/mol. The van der Waals surface area contributed by atoms with Gasteiger partial charge in [-0.2, -0.15) is 0 Å². The zero-order valence-corrected chi connectivity index (χ0v) is 12.0. The van der Waals surface area contributed by atoms with Crippen LogP contribution in [-0.2, 0) is 9.31 Å². The maximum Gasteiger partial charge on any atom is 0.494 e. The van der Waals surface area contributed by atoms with Crippen molar-refractivity contribution in [3.63, 3.8) is 0 Å². The lowest BCUT2D eigenvalue weighted by Crippen LogP contribution is -2.51. The molecule has 0 bridgehead atoms. The molecular formula is C13H20BO2P. The molecule has 1 aliphatic heterocycles. The molecule has 1 heterocycles. The van der Waals surface area contributed by atoms with Crippen LogP contribution in [0.4, 0.5) is 0 Å². The second-order valence-electron chi connectivity index (χ2n) is 5.57. The van der Waals surface area contributed by atoms with Gasteiger partial charge in [0, 0.05) is 18.6 Å². The number of rotatable bonds is 2. The molecule has 0 saturated carbocycles. The van der Waals surface area contributed by atoms with Crippen LogP contribution in [0.1, 0.15) is 13.8 Å². The van der Waals surface area contributed by atoms with Gasteiger partial charge in [0.25, 0.3) is 0 Å². The Morgan fingerprint density at radius 1 is 1.12 bits per heavy atom. The lowest BCUT2D eigenvalue weighted by Gasteiger charge is -2.33. The van der Waals surface area contributed by atoms with E-state index in [2.05, 4.69) is 51.4 Å². The van der Waals surface area contributed by atoms with Crippen molar-refractivity contribution in [1.29, 1.82) is 0 Å². The molecule has 2 nitrogen and oxygen atoms in total. The van der Waals surface area contributed by atoms with Crippen molar-refractivity contribution in [2.75, 3.05) is 26.5 Å². The highest BCUT2D eigenvalue weighted by Gasteiger charge is 2.34. The van der Waals surface area contributed by atoms with Gasteiger partial charge in [0.15, 0.2) is 0 Å². The van der Waals surface area contributed by atoms with Crippen LogP contribution in [0.5, 0.6) is 0 Å². The summed E-state index contributed by atoms with van der Waals surface area (Å²) >= 11 is 0. The Hall–Kier alpha value is -0.365. The number of hydrogen-bond donors (Lipinski definition) is 0. The fourth-order valence-corrected chi connectivity index (χ4v) is 3.05. The van der Waals surface area contributed by atoms with Crippen molar-refractivity contribution in [3.8, 4) is 0 Å². The fraction of sp³-hybridized carbons (Fsp3) is 0.538. The van der Waals surface area contributed by atoms with E-state index in [-0.39, 0.29) is 20.5 Å². The summed E-state index contributed by atoms with van der Waals surface area (Å²) in [6.45, 7) is 10.4. The lowest BCUT2D eigenvalue weighted by atomic mass is 9.76. The van der Waals surface area contributed by atoms with E-state index in [0.29, 0.717) is 0 Å². The normalized spacial score (nSPS) is 19.7. The van der Waals surface area contributed by atoms with Crippen molar-refractivity contribution >= 4 is 25.8 Å². The standard InChI is InChI=1S/C13H20BO2P/c1-13(2)9-15-14(16-10-13)11-7-5-6-8-12(11)17(3)4/h5-8H,9-10H2,1-4H3. The number of benzene rings is 1. The molecule has 0 aliphatic carbocycles. The molecule has 0 amide bonds. The lowest BCUT2D eigenvalue weighted by molar-refractivity contribution is 0.0344. The first-order valence-corrected chi connectivity index (χ1v) is 8.23. The Morgan fingerprint density at radius 2 is 1.71 bits per heavy atom. The highest BCUT2D eigenvalue weighted by Crippen LogP contribution is 2.25. The van der Waals surface area contributed by atoms with Gasteiger partial charge in [-0.05, 0) is 24.1 Å². The van der Waals surface area contributed by atoms with Crippen molar-refractivity contribution in [2.24, 2.45) is 5.41 Å². The maximum absolute atomic E-state index is 5.86. The summed E-state index contributed by atoms with van der Waals surface area (Å²) in [6, 6.07) is 8.46. The van der Waals surface area contributed by atoms with Crippen LogP contribution < -0.4 is 10.8 Å². The summed E-state index contributed by atoms with van der Waals surface area (Å²) in [5.74, 6) is 0. The van der Waals surface area contributed by atoms with Gasteiger partial charge < -0.3 is 9.31 Å². The first-order valence-electron chi connectivity index (χ1n) is 5.99. The predicted octanol–water partition coefficient (Wildman–Crippen LogP) is 1.82. The van der Waals surface area contributed by atoms with Crippen LogP contribution >= 0.6 is 7.92 Å². The van der Waals surface area contributed by atoms with Crippen molar-refractivity contribution in [1.82, 2.24) is 0 Å². The van der Waals surface area contributed by atoms with Crippen LogP contribution in [0.2, 0.25) is 0 Å². The van der Waals surface area contributed by atoms with E-state index in [4.69, 9.17) is 9.31 Å². The summed E-state index contributed by atoms with van der Waals surface area (Å²) in [4.78, 5) is 0. The second-order valence-corrected chi connectivity index (χ2v) is 7.84. The molecule has 17 heavy (non-hydrogen) atoms. The predicted molar refractivity (Wildman–Crippen MR) is 75.9 cm³/mol. The van der Waals surface area contributed by atoms with Gasteiger partial charge in [-0.1, -0.05) is 46.0 Å². The summed E-state index contributed by atoms with van der Waals surface area (Å²) in [5, 5.41) is 1.38. The Labute approximate surface area is 106 Å². The Kier molecular flexibility index (Phi) is 3.92. The first-order chi connectivity index (χ1) is 7.99. The molecule has 1 aliphatic rings. The molecule has 0 atom stereocenters. The first kappa shape index (κ1) is 13.1. The molecular weight excluding hydrogens is 230 g/mol. The second kappa shape index (κ2) is 5.10. The molecule has 0 radical (unpaired) electrons. The molecule has 4 heteroatoms. The van der Waals surface area contributed by atoms with E-state index in [0.717, 1.165) is 13.2 Å². The molecule has 92 valence electrons. The highest BCUT2D eigenvalue weighted by atomic mass is 31.1. The van der Waals surface area contributed by atoms with Gasteiger partial charge in [0.05, 0.1) is 0 Å². The summed E-state index contributed by atoms with van der Waals surface area (Å²) in [5.41, 5.74) is 1.34. The summed E-state index contributed by atoms with van der Waals surface area (Å²) in [7, 11) is -0.302. The van der Waals surface area contributed by atoms with Crippen LogP contribution in [-0.4, -0.2) is 33.7 Å². The minimum atomic E-state index is -0.177. The smallest absolute Gasteiger partial charge is 0.407 e.